The molecule has 0 radical (unpaired) electrons. The van der Waals surface area contributed by atoms with Crippen molar-refractivity contribution in [1.29, 1.82) is 0 Å². The highest BCUT2D eigenvalue weighted by Gasteiger charge is 2.31. The van der Waals surface area contributed by atoms with E-state index in [2.05, 4.69) is 19.6 Å². The number of hydrogen-bond acceptors (Lipinski definition) is 5. The molecule has 2 aromatic heterocycles. The Bertz CT molecular complexity index is 921. The number of nitrogens with zero attached hydrogens (tertiary/aromatic N) is 4. The predicted molar refractivity (Wildman–Crippen MR) is 115 cm³/mol. The van der Waals surface area contributed by atoms with Crippen LogP contribution in [-0.4, -0.2) is 57.7 Å². The van der Waals surface area contributed by atoms with Crippen LogP contribution in [0.3, 0.4) is 0 Å². The Hall–Kier alpha value is -1.41. The van der Waals surface area contributed by atoms with Gasteiger partial charge in [-0.1, -0.05) is 23.7 Å². The summed E-state index contributed by atoms with van der Waals surface area (Å²) in [5.74, 6) is 0.728. The van der Waals surface area contributed by atoms with Crippen LogP contribution >= 0.6 is 36.4 Å². The van der Waals surface area contributed by atoms with Crippen molar-refractivity contribution in [2.75, 3.05) is 26.3 Å². The van der Waals surface area contributed by atoms with Crippen molar-refractivity contribution in [3.63, 3.8) is 0 Å². The molecular weight excluding hydrogens is 421 g/mol. The number of rotatable bonds is 3. The van der Waals surface area contributed by atoms with E-state index in [-0.39, 0.29) is 24.8 Å². The number of hydrogen-bond donors (Lipinski definition) is 1. The third-order valence-corrected chi connectivity index (χ3v) is 5.31. The van der Waals surface area contributed by atoms with Crippen molar-refractivity contribution in [2.45, 2.75) is 18.6 Å². The molecule has 2 saturated heterocycles. The molecule has 2 aliphatic heterocycles. The number of fused-ring (bicyclic) bond motifs is 3. The van der Waals surface area contributed by atoms with E-state index < -0.39 is 0 Å². The summed E-state index contributed by atoms with van der Waals surface area (Å²) >= 11 is 6.06. The highest BCUT2D eigenvalue weighted by molar-refractivity contribution is 6.30. The molecule has 150 valence electrons. The molecule has 3 aromatic rings. The third-order valence-electron chi connectivity index (χ3n) is 5.06. The van der Waals surface area contributed by atoms with Crippen LogP contribution in [-0.2, 0) is 11.3 Å². The van der Waals surface area contributed by atoms with Crippen LogP contribution in [0.4, 0.5) is 0 Å². The second-order valence-electron chi connectivity index (χ2n) is 7.00. The standard InChI is InChI=1S/C19H20ClN5O.2ClH/c20-14-4-2-13(3-5-14)18-17(25-7-1-6-21-19(25)23-18)10-24-8-15-11-26-12-16(9-24)22-15;;/h1-7,15-16,22H,8-12H2;2*1H. The van der Waals surface area contributed by atoms with Crippen LogP contribution in [0.2, 0.25) is 5.02 Å². The first-order valence-corrected chi connectivity index (χ1v) is 9.28. The van der Waals surface area contributed by atoms with Crippen molar-refractivity contribution in [3.8, 4) is 11.3 Å². The number of ether oxygens (including phenoxy) is 1. The summed E-state index contributed by atoms with van der Waals surface area (Å²) in [5.41, 5.74) is 3.20. The Labute approximate surface area is 181 Å². The maximum Gasteiger partial charge on any atom is 0.234 e. The van der Waals surface area contributed by atoms with Gasteiger partial charge in [0.15, 0.2) is 0 Å². The van der Waals surface area contributed by atoms with Gasteiger partial charge >= 0.3 is 0 Å². The van der Waals surface area contributed by atoms with Gasteiger partial charge < -0.3 is 10.1 Å². The SMILES string of the molecule is Cl.Cl.Clc1ccc(-c2nc3ncccn3c2CN2CC3COCC(C2)N3)cc1. The van der Waals surface area contributed by atoms with E-state index in [0.29, 0.717) is 12.1 Å². The van der Waals surface area contributed by atoms with Crippen LogP contribution in [0.1, 0.15) is 5.69 Å². The first kappa shape index (κ1) is 21.3. The fourth-order valence-electron chi connectivity index (χ4n) is 3.96. The lowest BCUT2D eigenvalue weighted by Crippen LogP contribution is -2.62. The fourth-order valence-corrected chi connectivity index (χ4v) is 4.08. The molecule has 2 atom stereocenters. The zero-order chi connectivity index (χ0) is 17.5. The van der Waals surface area contributed by atoms with Crippen molar-refractivity contribution < 1.29 is 4.74 Å². The molecule has 9 heteroatoms. The Balaban J connectivity index is 0.00000112. The van der Waals surface area contributed by atoms with Gasteiger partial charge in [0.2, 0.25) is 5.78 Å². The molecule has 2 unspecified atom stereocenters. The summed E-state index contributed by atoms with van der Waals surface area (Å²) in [5, 5.41) is 4.36. The first-order valence-electron chi connectivity index (χ1n) is 8.90. The summed E-state index contributed by atoms with van der Waals surface area (Å²) in [6.07, 6.45) is 3.82. The summed E-state index contributed by atoms with van der Waals surface area (Å²) in [6, 6.07) is 10.6. The van der Waals surface area contributed by atoms with E-state index in [4.69, 9.17) is 21.3 Å². The zero-order valence-electron chi connectivity index (χ0n) is 15.1. The average molecular weight is 443 g/mol. The number of aromatic nitrogens is 3. The van der Waals surface area contributed by atoms with Crippen LogP contribution in [0, 0.1) is 0 Å². The molecule has 0 spiro atoms. The Morgan fingerprint density at radius 1 is 1.11 bits per heavy atom. The van der Waals surface area contributed by atoms with E-state index in [1.807, 2.05) is 36.5 Å². The van der Waals surface area contributed by atoms with Crippen LogP contribution in [0.25, 0.3) is 17.0 Å². The number of nitrogens with one attached hydrogen (secondary N) is 1. The van der Waals surface area contributed by atoms with Crippen molar-refractivity contribution in [1.82, 2.24) is 24.6 Å². The van der Waals surface area contributed by atoms with Crippen LogP contribution < -0.4 is 5.32 Å². The number of morpholine rings is 1. The Kier molecular flexibility index (Phi) is 6.81. The molecule has 4 heterocycles. The predicted octanol–water partition coefficient (Wildman–Crippen LogP) is 3.07. The molecule has 5 rings (SSSR count). The van der Waals surface area contributed by atoms with E-state index in [1.165, 1.54) is 0 Å². The lowest BCUT2D eigenvalue weighted by atomic mass is 10.1. The average Bonchev–Trinajstić information content (AvgIpc) is 3.01. The highest BCUT2D eigenvalue weighted by Crippen LogP contribution is 2.27. The molecule has 2 fully saturated rings. The van der Waals surface area contributed by atoms with Gasteiger partial charge in [-0.05, 0) is 18.2 Å². The number of halogens is 3. The summed E-state index contributed by atoms with van der Waals surface area (Å²) in [7, 11) is 0. The van der Waals surface area contributed by atoms with Gasteiger partial charge in [0.25, 0.3) is 0 Å². The molecule has 0 amide bonds. The van der Waals surface area contributed by atoms with Gasteiger partial charge in [0.05, 0.1) is 24.6 Å². The maximum absolute atomic E-state index is 6.06. The Morgan fingerprint density at radius 2 is 1.82 bits per heavy atom. The largest absolute Gasteiger partial charge is 0.378 e. The molecule has 28 heavy (non-hydrogen) atoms. The van der Waals surface area contributed by atoms with Gasteiger partial charge in [-0.2, -0.15) is 0 Å². The summed E-state index contributed by atoms with van der Waals surface area (Å²) in [6.45, 7) is 4.35. The third kappa shape index (κ3) is 4.13. The second-order valence-corrected chi connectivity index (χ2v) is 7.43. The molecular formula is C19H22Cl3N5O. The van der Waals surface area contributed by atoms with Crippen molar-refractivity contribution in [3.05, 3.63) is 53.4 Å². The molecule has 2 bridgehead atoms. The minimum atomic E-state index is 0. The van der Waals surface area contributed by atoms with E-state index in [1.54, 1.807) is 6.20 Å². The maximum atomic E-state index is 6.06. The van der Waals surface area contributed by atoms with E-state index in [0.717, 1.165) is 60.6 Å². The minimum Gasteiger partial charge on any atom is -0.378 e. The molecule has 6 nitrogen and oxygen atoms in total. The molecule has 0 saturated carbocycles. The smallest absolute Gasteiger partial charge is 0.234 e. The molecule has 2 aliphatic rings. The molecule has 1 N–H and O–H groups in total. The van der Waals surface area contributed by atoms with Gasteiger partial charge in [-0.25, -0.2) is 9.97 Å². The first-order chi connectivity index (χ1) is 12.8. The molecule has 1 aromatic carbocycles. The second kappa shape index (κ2) is 8.95. The van der Waals surface area contributed by atoms with Crippen molar-refractivity contribution >= 4 is 42.2 Å². The summed E-state index contributed by atoms with van der Waals surface area (Å²) < 4.78 is 7.76. The van der Waals surface area contributed by atoms with Gasteiger partial charge in [0, 0.05) is 54.7 Å². The zero-order valence-corrected chi connectivity index (χ0v) is 17.5. The van der Waals surface area contributed by atoms with Crippen molar-refractivity contribution in [2.24, 2.45) is 0 Å². The number of benzene rings is 1. The van der Waals surface area contributed by atoms with E-state index in [9.17, 15) is 0 Å². The number of piperazine rings is 1. The normalized spacial score (nSPS) is 21.8. The van der Waals surface area contributed by atoms with E-state index >= 15 is 0 Å². The Morgan fingerprint density at radius 3 is 2.54 bits per heavy atom. The highest BCUT2D eigenvalue weighted by atomic mass is 35.5. The van der Waals surface area contributed by atoms with Crippen LogP contribution in [0.5, 0.6) is 0 Å². The quantitative estimate of drug-likeness (QED) is 0.675. The lowest BCUT2D eigenvalue weighted by molar-refractivity contribution is -0.00900. The monoisotopic (exact) mass is 441 g/mol. The summed E-state index contributed by atoms with van der Waals surface area (Å²) in [4.78, 5) is 11.7. The lowest BCUT2D eigenvalue weighted by Gasteiger charge is -2.42. The topological polar surface area (TPSA) is 54.7 Å². The van der Waals surface area contributed by atoms with Crippen LogP contribution in [0.15, 0.2) is 42.7 Å². The fraction of sp³-hybridized carbons (Fsp3) is 0.368. The van der Waals surface area contributed by atoms with Gasteiger partial charge in [-0.3, -0.25) is 9.30 Å². The number of imidazole rings is 1. The molecule has 0 aliphatic carbocycles. The van der Waals surface area contributed by atoms with Gasteiger partial charge in [0.1, 0.15) is 0 Å². The van der Waals surface area contributed by atoms with Gasteiger partial charge in [-0.15, -0.1) is 24.8 Å². The minimum absolute atomic E-state index is 0.